The van der Waals surface area contributed by atoms with Gasteiger partial charge in [-0.15, -0.1) is 0 Å². The van der Waals surface area contributed by atoms with Gasteiger partial charge in [0.1, 0.15) is 5.75 Å². The molecule has 1 aromatic carbocycles. The second-order valence-corrected chi connectivity index (χ2v) is 4.36. The molecule has 0 saturated heterocycles. The Balaban J connectivity index is 2.32. The van der Waals surface area contributed by atoms with Gasteiger partial charge in [-0.25, -0.2) is 0 Å². The Hall–Kier alpha value is -1.06. The Bertz CT molecular complexity index is 293. The quantitative estimate of drug-likeness (QED) is 0.749. The second kappa shape index (κ2) is 6.51. The molecule has 0 spiro atoms. The van der Waals surface area contributed by atoms with Crippen molar-refractivity contribution in [1.29, 1.82) is 0 Å². The first-order chi connectivity index (χ1) is 7.59. The first-order valence-corrected chi connectivity index (χ1v) is 5.72. The van der Waals surface area contributed by atoms with Gasteiger partial charge in [-0.1, -0.05) is 12.1 Å². The van der Waals surface area contributed by atoms with Gasteiger partial charge in [0.25, 0.3) is 0 Å². The molecule has 0 radical (unpaired) electrons. The Morgan fingerprint density at radius 3 is 2.38 bits per heavy atom. The standard InChI is InChI=1S/C13H22N2O/c1-11(14)12-5-7-13(8-6-12)16-10-4-9-15(2)3/h5-8,11H,4,9-10,14H2,1-3H3. The fourth-order valence-electron chi connectivity index (χ4n) is 1.44. The van der Waals surface area contributed by atoms with Gasteiger partial charge in [0.15, 0.2) is 0 Å². The highest BCUT2D eigenvalue weighted by atomic mass is 16.5. The normalized spacial score (nSPS) is 12.8. The molecule has 3 heteroatoms. The Labute approximate surface area is 98.2 Å². The molecule has 1 atom stereocenters. The molecule has 3 nitrogen and oxygen atoms in total. The van der Waals surface area contributed by atoms with E-state index < -0.39 is 0 Å². The average Bonchev–Trinajstić information content (AvgIpc) is 2.25. The lowest BCUT2D eigenvalue weighted by atomic mass is 10.1. The van der Waals surface area contributed by atoms with E-state index >= 15 is 0 Å². The molecular formula is C13H22N2O. The lowest BCUT2D eigenvalue weighted by Crippen LogP contribution is -2.15. The van der Waals surface area contributed by atoms with E-state index in [2.05, 4.69) is 19.0 Å². The van der Waals surface area contributed by atoms with Crippen LogP contribution in [0.2, 0.25) is 0 Å². The summed E-state index contributed by atoms with van der Waals surface area (Å²) in [7, 11) is 4.13. The third kappa shape index (κ3) is 4.64. The molecule has 0 aliphatic carbocycles. The van der Waals surface area contributed by atoms with E-state index in [9.17, 15) is 0 Å². The maximum atomic E-state index is 5.77. The molecule has 1 aromatic rings. The second-order valence-electron chi connectivity index (χ2n) is 4.36. The van der Waals surface area contributed by atoms with Gasteiger partial charge in [0.2, 0.25) is 0 Å². The minimum absolute atomic E-state index is 0.0859. The number of rotatable bonds is 6. The van der Waals surface area contributed by atoms with Crippen LogP contribution in [0.5, 0.6) is 5.75 Å². The molecule has 1 unspecified atom stereocenters. The zero-order valence-corrected chi connectivity index (χ0v) is 10.4. The van der Waals surface area contributed by atoms with Crippen molar-refractivity contribution in [1.82, 2.24) is 4.90 Å². The molecule has 0 saturated carbocycles. The number of hydrogen-bond donors (Lipinski definition) is 1. The van der Waals surface area contributed by atoms with E-state index in [1.807, 2.05) is 31.2 Å². The van der Waals surface area contributed by atoms with Crippen LogP contribution in [0.3, 0.4) is 0 Å². The first-order valence-electron chi connectivity index (χ1n) is 5.72. The van der Waals surface area contributed by atoms with Gasteiger partial charge in [-0.2, -0.15) is 0 Å². The molecular weight excluding hydrogens is 200 g/mol. The highest BCUT2D eigenvalue weighted by Crippen LogP contribution is 2.16. The molecule has 0 aliphatic rings. The van der Waals surface area contributed by atoms with Crippen molar-refractivity contribution in [3.05, 3.63) is 29.8 Å². The Morgan fingerprint density at radius 1 is 1.25 bits per heavy atom. The maximum absolute atomic E-state index is 5.77. The monoisotopic (exact) mass is 222 g/mol. The van der Waals surface area contributed by atoms with Gasteiger partial charge < -0.3 is 15.4 Å². The van der Waals surface area contributed by atoms with Crippen LogP contribution in [-0.2, 0) is 0 Å². The van der Waals surface area contributed by atoms with Gasteiger partial charge in [0, 0.05) is 12.6 Å². The van der Waals surface area contributed by atoms with Crippen LogP contribution in [0.25, 0.3) is 0 Å². The summed E-state index contributed by atoms with van der Waals surface area (Å²) in [6, 6.07) is 8.09. The lowest BCUT2D eigenvalue weighted by molar-refractivity contribution is 0.281. The summed E-state index contributed by atoms with van der Waals surface area (Å²) in [5.74, 6) is 0.920. The van der Waals surface area contributed by atoms with Crippen LogP contribution in [0.4, 0.5) is 0 Å². The van der Waals surface area contributed by atoms with E-state index in [1.54, 1.807) is 0 Å². The van der Waals surface area contributed by atoms with Gasteiger partial charge in [-0.3, -0.25) is 0 Å². The summed E-state index contributed by atoms with van der Waals surface area (Å²) in [4.78, 5) is 2.16. The number of nitrogens with two attached hydrogens (primary N) is 1. The van der Waals surface area contributed by atoms with Crippen molar-refractivity contribution in [2.45, 2.75) is 19.4 Å². The summed E-state index contributed by atoms with van der Waals surface area (Å²) in [5.41, 5.74) is 6.91. The van der Waals surface area contributed by atoms with Crippen LogP contribution in [0, 0.1) is 0 Å². The lowest BCUT2D eigenvalue weighted by Gasteiger charge is -2.11. The number of benzene rings is 1. The summed E-state index contributed by atoms with van der Waals surface area (Å²) in [5, 5.41) is 0. The molecule has 1 rings (SSSR count). The van der Waals surface area contributed by atoms with E-state index in [0.717, 1.165) is 30.9 Å². The molecule has 2 N–H and O–H groups in total. The molecule has 0 amide bonds. The van der Waals surface area contributed by atoms with Crippen LogP contribution in [0.1, 0.15) is 24.9 Å². The Kier molecular flexibility index (Phi) is 5.29. The van der Waals surface area contributed by atoms with Gasteiger partial charge in [0.05, 0.1) is 6.61 Å². The van der Waals surface area contributed by atoms with Crippen molar-refractivity contribution in [3.63, 3.8) is 0 Å². The van der Waals surface area contributed by atoms with Crippen molar-refractivity contribution in [2.75, 3.05) is 27.2 Å². The highest BCUT2D eigenvalue weighted by molar-refractivity contribution is 5.28. The van der Waals surface area contributed by atoms with E-state index in [0.29, 0.717) is 0 Å². The minimum atomic E-state index is 0.0859. The van der Waals surface area contributed by atoms with Crippen LogP contribution >= 0.6 is 0 Å². The van der Waals surface area contributed by atoms with E-state index in [1.165, 1.54) is 0 Å². The Morgan fingerprint density at radius 2 is 1.88 bits per heavy atom. The highest BCUT2D eigenvalue weighted by Gasteiger charge is 1.99. The number of hydrogen-bond acceptors (Lipinski definition) is 3. The van der Waals surface area contributed by atoms with Gasteiger partial charge in [-0.05, 0) is 45.1 Å². The van der Waals surface area contributed by atoms with Gasteiger partial charge >= 0.3 is 0 Å². The van der Waals surface area contributed by atoms with Crippen molar-refractivity contribution < 1.29 is 4.74 Å². The molecule has 0 fully saturated rings. The maximum Gasteiger partial charge on any atom is 0.119 e. The van der Waals surface area contributed by atoms with E-state index in [4.69, 9.17) is 10.5 Å². The number of nitrogens with zero attached hydrogens (tertiary/aromatic N) is 1. The molecule has 16 heavy (non-hydrogen) atoms. The van der Waals surface area contributed by atoms with E-state index in [-0.39, 0.29) is 6.04 Å². The molecule has 90 valence electrons. The number of ether oxygens (including phenoxy) is 1. The largest absolute Gasteiger partial charge is 0.494 e. The summed E-state index contributed by atoms with van der Waals surface area (Å²) >= 11 is 0. The van der Waals surface area contributed by atoms with Crippen LogP contribution < -0.4 is 10.5 Å². The third-order valence-electron chi connectivity index (χ3n) is 2.42. The van der Waals surface area contributed by atoms with Crippen molar-refractivity contribution in [2.24, 2.45) is 5.73 Å². The summed E-state index contributed by atoms with van der Waals surface area (Å²) in [6.45, 7) is 3.79. The summed E-state index contributed by atoms with van der Waals surface area (Å²) < 4.78 is 5.62. The van der Waals surface area contributed by atoms with Crippen LogP contribution in [0.15, 0.2) is 24.3 Å². The predicted octanol–water partition coefficient (Wildman–Crippen LogP) is 2.04. The molecule has 0 bridgehead atoms. The third-order valence-corrected chi connectivity index (χ3v) is 2.42. The zero-order chi connectivity index (χ0) is 12.0. The average molecular weight is 222 g/mol. The predicted molar refractivity (Wildman–Crippen MR) is 67.7 cm³/mol. The topological polar surface area (TPSA) is 38.5 Å². The minimum Gasteiger partial charge on any atom is -0.494 e. The fraction of sp³-hybridized carbons (Fsp3) is 0.538. The molecule has 0 aliphatic heterocycles. The smallest absolute Gasteiger partial charge is 0.119 e. The van der Waals surface area contributed by atoms with Crippen LogP contribution in [-0.4, -0.2) is 32.1 Å². The summed E-state index contributed by atoms with van der Waals surface area (Å²) in [6.07, 6.45) is 1.04. The van der Waals surface area contributed by atoms with Crippen molar-refractivity contribution in [3.8, 4) is 5.75 Å². The zero-order valence-electron chi connectivity index (χ0n) is 10.4. The SMILES string of the molecule is CC(N)c1ccc(OCCCN(C)C)cc1. The molecule has 0 heterocycles. The van der Waals surface area contributed by atoms with Crippen molar-refractivity contribution >= 4 is 0 Å². The molecule has 0 aromatic heterocycles. The first kappa shape index (κ1) is 13.0. The fourth-order valence-corrected chi connectivity index (χ4v) is 1.44.